The number of hydrogen-bond donors (Lipinski definition) is 1. The van der Waals surface area contributed by atoms with Crippen LogP contribution in [-0.2, 0) is 19.1 Å². The lowest BCUT2D eigenvalue weighted by Crippen LogP contribution is -2.33. The molecule has 18 heavy (non-hydrogen) atoms. The van der Waals surface area contributed by atoms with Gasteiger partial charge in [0.05, 0.1) is 25.4 Å². The van der Waals surface area contributed by atoms with Crippen molar-refractivity contribution in [3.05, 3.63) is 0 Å². The summed E-state index contributed by atoms with van der Waals surface area (Å²) in [6.45, 7) is 3.30. The van der Waals surface area contributed by atoms with Crippen molar-refractivity contribution in [3.8, 4) is 0 Å². The number of thioether (sulfide) groups is 1. The first-order valence-electron chi connectivity index (χ1n) is 6.18. The number of methoxy groups -OCH3 is 1. The van der Waals surface area contributed by atoms with E-state index in [9.17, 15) is 9.59 Å². The quantitative estimate of drug-likeness (QED) is 0.701. The van der Waals surface area contributed by atoms with E-state index in [1.807, 2.05) is 6.92 Å². The van der Waals surface area contributed by atoms with E-state index in [0.717, 1.165) is 19.4 Å². The second-order valence-corrected chi connectivity index (χ2v) is 5.77. The van der Waals surface area contributed by atoms with E-state index in [2.05, 4.69) is 10.1 Å². The molecule has 0 aliphatic carbocycles. The van der Waals surface area contributed by atoms with Crippen LogP contribution in [0.4, 0.5) is 0 Å². The molecule has 2 unspecified atom stereocenters. The number of nitrogens with one attached hydrogen (secondary N) is 1. The van der Waals surface area contributed by atoms with Gasteiger partial charge < -0.3 is 14.8 Å². The van der Waals surface area contributed by atoms with Crippen LogP contribution in [0.25, 0.3) is 0 Å². The molecule has 1 heterocycles. The average Bonchev–Trinajstić information content (AvgIpc) is 2.86. The van der Waals surface area contributed by atoms with Gasteiger partial charge in [-0.2, -0.15) is 0 Å². The summed E-state index contributed by atoms with van der Waals surface area (Å²) in [6.07, 6.45) is 2.60. The van der Waals surface area contributed by atoms with Crippen molar-refractivity contribution in [2.24, 2.45) is 0 Å². The van der Waals surface area contributed by atoms with Gasteiger partial charge in [-0.1, -0.05) is 6.92 Å². The topological polar surface area (TPSA) is 64.6 Å². The first kappa shape index (κ1) is 15.3. The lowest BCUT2D eigenvalue weighted by atomic mass is 10.2. The number of ether oxygens (including phenoxy) is 2. The highest BCUT2D eigenvalue weighted by Gasteiger charge is 2.17. The van der Waals surface area contributed by atoms with E-state index in [1.165, 1.54) is 18.9 Å². The molecular formula is C12H21NO4S. The predicted molar refractivity (Wildman–Crippen MR) is 70.5 cm³/mol. The smallest absolute Gasteiger partial charge is 0.306 e. The highest BCUT2D eigenvalue weighted by molar-refractivity contribution is 8.00. The van der Waals surface area contributed by atoms with Gasteiger partial charge in [-0.15, -0.1) is 11.8 Å². The van der Waals surface area contributed by atoms with Crippen LogP contribution in [0, 0.1) is 0 Å². The Morgan fingerprint density at radius 2 is 2.33 bits per heavy atom. The molecule has 0 bridgehead atoms. The van der Waals surface area contributed by atoms with Crippen LogP contribution in [0.2, 0.25) is 0 Å². The third-order valence-electron chi connectivity index (χ3n) is 2.73. The van der Waals surface area contributed by atoms with Crippen molar-refractivity contribution in [2.45, 2.75) is 37.5 Å². The minimum atomic E-state index is -0.241. The van der Waals surface area contributed by atoms with Crippen molar-refractivity contribution < 1.29 is 19.1 Å². The fraction of sp³-hybridized carbons (Fsp3) is 0.833. The van der Waals surface area contributed by atoms with Crippen LogP contribution in [0.15, 0.2) is 0 Å². The largest absolute Gasteiger partial charge is 0.469 e. The third kappa shape index (κ3) is 6.26. The molecule has 1 fully saturated rings. The number of carbonyl (C=O) groups is 2. The Morgan fingerprint density at radius 3 is 2.94 bits per heavy atom. The van der Waals surface area contributed by atoms with Gasteiger partial charge in [-0.25, -0.2) is 0 Å². The van der Waals surface area contributed by atoms with Crippen molar-refractivity contribution in [3.63, 3.8) is 0 Å². The lowest BCUT2D eigenvalue weighted by molar-refractivity contribution is -0.140. The molecule has 1 aliphatic heterocycles. The van der Waals surface area contributed by atoms with Crippen LogP contribution < -0.4 is 5.32 Å². The Bertz CT molecular complexity index is 279. The van der Waals surface area contributed by atoms with Crippen molar-refractivity contribution in [2.75, 3.05) is 26.0 Å². The molecule has 0 saturated carbocycles. The summed E-state index contributed by atoms with van der Waals surface area (Å²) in [5, 5.41) is 2.94. The fourth-order valence-corrected chi connectivity index (χ4v) is 2.47. The highest BCUT2D eigenvalue weighted by atomic mass is 32.2. The highest BCUT2D eigenvalue weighted by Crippen LogP contribution is 2.14. The van der Waals surface area contributed by atoms with E-state index < -0.39 is 0 Å². The number of rotatable bonds is 7. The number of amides is 1. The molecule has 104 valence electrons. The first-order valence-corrected chi connectivity index (χ1v) is 7.23. The zero-order valence-corrected chi connectivity index (χ0v) is 11.8. The molecule has 1 aliphatic rings. The molecule has 0 aromatic rings. The number of esters is 1. The molecule has 0 radical (unpaired) electrons. The average molecular weight is 275 g/mol. The standard InChI is InChI=1S/C12H21NO4S/c1-9(6-12(15)16-2)18-8-11(14)13-7-10-4-3-5-17-10/h9-10H,3-8H2,1-2H3,(H,13,14). The Labute approximate surface area is 112 Å². The number of hydrogen-bond acceptors (Lipinski definition) is 5. The molecule has 0 aromatic heterocycles. The minimum absolute atomic E-state index is 0.00721. The molecule has 1 N–H and O–H groups in total. The maximum atomic E-state index is 11.6. The third-order valence-corrected chi connectivity index (χ3v) is 3.90. The van der Waals surface area contributed by atoms with Gasteiger partial charge in [0.25, 0.3) is 0 Å². The van der Waals surface area contributed by atoms with Crippen molar-refractivity contribution in [1.82, 2.24) is 5.32 Å². The number of carbonyl (C=O) groups excluding carboxylic acids is 2. The lowest BCUT2D eigenvalue weighted by Gasteiger charge is -2.12. The second-order valence-electron chi connectivity index (χ2n) is 4.34. The van der Waals surface area contributed by atoms with Gasteiger partial charge in [-0.3, -0.25) is 9.59 Å². The van der Waals surface area contributed by atoms with Gasteiger partial charge in [0.1, 0.15) is 0 Å². The van der Waals surface area contributed by atoms with E-state index in [4.69, 9.17) is 4.74 Å². The zero-order valence-electron chi connectivity index (χ0n) is 10.9. The van der Waals surface area contributed by atoms with E-state index >= 15 is 0 Å². The molecule has 0 aromatic carbocycles. The van der Waals surface area contributed by atoms with Crippen LogP contribution in [0.1, 0.15) is 26.2 Å². The Kier molecular flexibility index (Phi) is 7.12. The minimum Gasteiger partial charge on any atom is -0.469 e. The van der Waals surface area contributed by atoms with Crippen LogP contribution in [0.3, 0.4) is 0 Å². The zero-order chi connectivity index (χ0) is 13.4. The molecule has 1 rings (SSSR count). The predicted octanol–water partition coefficient (Wildman–Crippen LogP) is 0.966. The Balaban J connectivity index is 2.06. The molecular weight excluding hydrogens is 254 g/mol. The van der Waals surface area contributed by atoms with Gasteiger partial charge in [-0.05, 0) is 12.8 Å². The fourth-order valence-electron chi connectivity index (χ4n) is 1.68. The molecule has 5 nitrogen and oxygen atoms in total. The first-order chi connectivity index (χ1) is 8.61. The SMILES string of the molecule is COC(=O)CC(C)SCC(=O)NCC1CCCO1. The maximum absolute atomic E-state index is 11.6. The molecule has 1 amide bonds. The summed E-state index contributed by atoms with van der Waals surface area (Å²) in [4.78, 5) is 22.6. The van der Waals surface area contributed by atoms with Crippen LogP contribution in [0.5, 0.6) is 0 Å². The van der Waals surface area contributed by atoms with Gasteiger partial charge in [0.2, 0.25) is 5.91 Å². The molecule has 6 heteroatoms. The summed E-state index contributed by atoms with van der Waals surface area (Å²) >= 11 is 1.46. The molecule has 2 atom stereocenters. The maximum Gasteiger partial charge on any atom is 0.306 e. The normalized spacial score (nSPS) is 20.4. The van der Waals surface area contributed by atoms with Crippen LogP contribution >= 0.6 is 11.8 Å². The summed E-state index contributed by atoms with van der Waals surface area (Å²) in [5.74, 6) is 0.118. The summed E-state index contributed by atoms with van der Waals surface area (Å²) < 4.78 is 9.99. The van der Waals surface area contributed by atoms with E-state index in [1.54, 1.807) is 0 Å². The van der Waals surface area contributed by atoms with E-state index in [0.29, 0.717) is 18.7 Å². The molecule has 1 saturated heterocycles. The summed E-state index contributed by atoms with van der Waals surface area (Å²) in [5.41, 5.74) is 0. The van der Waals surface area contributed by atoms with Gasteiger partial charge >= 0.3 is 5.97 Å². The summed E-state index contributed by atoms with van der Waals surface area (Å²) in [7, 11) is 1.37. The Hall–Kier alpha value is -0.750. The Morgan fingerprint density at radius 1 is 1.56 bits per heavy atom. The second kappa shape index (κ2) is 8.37. The monoisotopic (exact) mass is 275 g/mol. The molecule has 0 spiro atoms. The van der Waals surface area contributed by atoms with Crippen molar-refractivity contribution >= 4 is 23.6 Å². The van der Waals surface area contributed by atoms with Crippen LogP contribution in [-0.4, -0.2) is 49.2 Å². The summed E-state index contributed by atoms with van der Waals surface area (Å²) in [6, 6.07) is 0. The van der Waals surface area contributed by atoms with Gasteiger partial charge in [0, 0.05) is 18.4 Å². The van der Waals surface area contributed by atoms with Gasteiger partial charge in [0.15, 0.2) is 0 Å². The van der Waals surface area contributed by atoms with Crippen molar-refractivity contribution in [1.29, 1.82) is 0 Å². The van der Waals surface area contributed by atoms with E-state index in [-0.39, 0.29) is 23.2 Å².